The number of nitrogens with one attached hydrogen (secondary N) is 1. The predicted molar refractivity (Wildman–Crippen MR) is 82.2 cm³/mol. The van der Waals surface area contributed by atoms with Gasteiger partial charge in [0.25, 0.3) is 0 Å². The Labute approximate surface area is 122 Å². The van der Waals surface area contributed by atoms with E-state index < -0.39 is 0 Å². The van der Waals surface area contributed by atoms with Gasteiger partial charge in [-0.25, -0.2) is 0 Å². The van der Waals surface area contributed by atoms with Gasteiger partial charge in [0.2, 0.25) is 0 Å². The van der Waals surface area contributed by atoms with E-state index in [0.29, 0.717) is 18.1 Å². The molecule has 1 fully saturated rings. The van der Waals surface area contributed by atoms with Crippen molar-refractivity contribution in [2.75, 3.05) is 19.8 Å². The summed E-state index contributed by atoms with van der Waals surface area (Å²) in [5.41, 5.74) is 1.27. The molecule has 0 amide bonds. The second-order valence-corrected chi connectivity index (χ2v) is 6.04. The first-order valence-corrected chi connectivity index (χ1v) is 7.73. The lowest BCUT2D eigenvalue weighted by atomic mass is 10.1. The largest absolute Gasteiger partial charge is 0.493 e. The number of rotatable bonds is 7. The SMILES string of the molecule is CC(C)COc1cccc([C@H](C)NC[C@H]2CCCO2)c1. The second-order valence-electron chi connectivity index (χ2n) is 6.04. The molecule has 0 spiro atoms. The van der Waals surface area contributed by atoms with Gasteiger partial charge < -0.3 is 14.8 Å². The van der Waals surface area contributed by atoms with E-state index in [1.807, 2.05) is 6.07 Å². The van der Waals surface area contributed by atoms with Crippen LogP contribution < -0.4 is 10.1 Å². The van der Waals surface area contributed by atoms with Gasteiger partial charge in [0, 0.05) is 19.2 Å². The summed E-state index contributed by atoms with van der Waals surface area (Å²) in [5.74, 6) is 1.51. The van der Waals surface area contributed by atoms with Gasteiger partial charge in [-0.3, -0.25) is 0 Å². The maximum atomic E-state index is 5.78. The van der Waals surface area contributed by atoms with E-state index in [0.717, 1.165) is 25.5 Å². The highest BCUT2D eigenvalue weighted by molar-refractivity contribution is 5.30. The van der Waals surface area contributed by atoms with Gasteiger partial charge >= 0.3 is 0 Å². The van der Waals surface area contributed by atoms with Crippen molar-refractivity contribution in [1.82, 2.24) is 5.32 Å². The van der Waals surface area contributed by atoms with Crippen LogP contribution in [0, 0.1) is 5.92 Å². The van der Waals surface area contributed by atoms with E-state index in [-0.39, 0.29) is 0 Å². The quantitative estimate of drug-likeness (QED) is 0.826. The first-order chi connectivity index (χ1) is 9.65. The molecule has 3 nitrogen and oxygen atoms in total. The zero-order valence-corrected chi connectivity index (χ0v) is 12.9. The summed E-state index contributed by atoms with van der Waals surface area (Å²) in [7, 11) is 0. The van der Waals surface area contributed by atoms with Crippen LogP contribution in [0.3, 0.4) is 0 Å². The average molecular weight is 277 g/mol. The van der Waals surface area contributed by atoms with Crippen LogP contribution in [0.4, 0.5) is 0 Å². The Hall–Kier alpha value is -1.06. The molecule has 0 bridgehead atoms. The standard InChI is InChI=1S/C17H27NO2/c1-13(2)12-20-16-7-4-6-15(10-16)14(3)18-11-17-8-5-9-19-17/h4,6-7,10,13-14,17-18H,5,8-9,11-12H2,1-3H3/t14-,17+/m0/s1. The van der Waals surface area contributed by atoms with E-state index in [1.165, 1.54) is 18.4 Å². The van der Waals surface area contributed by atoms with Crippen LogP contribution in [0.15, 0.2) is 24.3 Å². The molecular formula is C17H27NO2. The molecule has 1 aromatic rings. The Morgan fingerprint density at radius 1 is 1.35 bits per heavy atom. The molecule has 0 saturated carbocycles. The predicted octanol–water partition coefficient (Wildman–Crippen LogP) is 3.55. The van der Waals surface area contributed by atoms with Crippen LogP contribution in [0.1, 0.15) is 45.2 Å². The lowest BCUT2D eigenvalue weighted by Crippen LogP contribution is -2.28. The van der Waals surface area contributed by atoms with E-state index in [2.05, 4.69) is 44.3 Å². The van der Waals surface area contributed by atoms with Crippen molar-refractivity contribution in [2.24, 2.45) is 5.92 Å². The number of hydrogen-bond donors (Lipinski definition) is 1. The minimum Gasteiger partial charge on any atom is -0.493 e. The Morgan fingerprint density at radius 3 is 2.90 bits per heavy atom. The zero-order chi connectivity index (χ0) is 14.4. The molecule has 0 radical (unpaired) electrons. The summed E-state index contributed by atoms with van der Waals surface area (Å²) in [5, 5.41) is 3.55. The highest BCUT2D eigenvalue weighted by atomic mass is 16.5. The monoisotopic (exact) mass is 277 g/mol. The molecule has 0 aliphatic carbocycles. The highest BCUT2D eigenvalue weighted by Gasteiger charge is 2.16. The van der Waals surface area contributed by atoms with Gasteiger partial charge in [-0.15, -0.1) is 0 Å². The maximum Gasteiger partial charge on any atom is 0.119 e. The van der Waals surface area contributed by atoms with Crippen LogP contribution in [0.2, 0.25) is 0 Å². The summed E-state index contributed by atoms with van der Waals surface area (Å²) in [4.78, 5) is 0. The normalized spacial score (nSPS) is 20.3. The van der Waals surface area contributed by atoms with Gasteiger partial charge in [-0.2, -0.15) is 0 Å². The van der Waals surface area contributed by atoms with Gasteiger partial charge in [-0.1, -0.05) is 26.0 Å². The molecule has 2 rings (SSSR count). The number of ether oxygens (including phenoxy) is 2. The summed E-state index contributed by atoms with van der Waals surface area (Å²) in [6, 6.07) is 8.70. The summed E-state index contributed by atoms with van der Waals surface area (Å²) in [6.45, 7) is 9.13. The molecule has 1 aromatic carbocycles. The molecular weight excluding hydrogens is 250 g/mol. The first kappa shape index (κ1) is 15.3. The fraction of sp³-hybridized carbons (Fsp3) is 0.647. The molecule has 3 heteroatoms. The van der Waals surface area contributed by atoms with E-state index in [1.54, 1.807) is 0 Å². The number of benzene rings is 1. The average Bonchev–Trinajstić information content (AvgIpc) is 2.96. The number of hydrogen-bond acceptors (Lipinski definition) is 3. The van der Waals surface area contributed by atoms with Crippen molar-refractivity contribution in [3.63, 3.8) is 0 Å². The van der Waals surface area contributed by atoms with Crippen molar-refractivity contribution in [1.29, 1.82) is 0 Å². The Kier molecular flexibility index (Phi) is 5.86. The van der Waals surface area contributed by atoms with Crippen molar-refractivity contribution in [3.8, 4) is 5.75 Å². The van der Waals surface area contributed by atoms with Gasteiger partial charge in [0.1, 0.15) is 5.75 Å². The third kappa shape index (κ3) is 4.80. The molecule has 1 aliphatic rings. The molecule has 2 atom stereocenters. The smallest absolute Gasteiger partial charge is 0.119 e. The topological polar surface area (TPSA) is 30.5 Å². The molecule has 1 saturated heterocycles. The lowest BCUT2D eigenvalue weighted by molar-refractivity contribution is 0.108. The molecule has 1 heterocycles. The van der Waals surface area contributed by atoms with Crippen LogP contribution >= 0.6 is 0 Å². The first-order valence-electron chi connectivity index (χ1n) is 7.73. The summed E-state index contributed by atoms with van der Waals surface area (Å²) >= 11 is 0. The van der Waals surface area contributed by atoms with Gasteiger partial charge in [-0.05, 0) is 43.4 Å². The molecule has 0 aromatic heterocycles. The third-order valence-corrected chi connectivity index (χ3v) is 3.62. The Bertz CT molecular complexity index is 400. The van der Waals surface area contributed by atoms with Gasteiger partial charge in [0.05, 0.1) is 12.7 Å². The fourth-order valence-electron chi connectivity index (χ4n) is 2.37. The zero-order valence-electron chi connectivity index (χ0n) is 12.9. The second kappa shape index (κ2) is 7.65. The van der Waals surface area contributed by atoms with Crippen LogP contribution in [0.25, 0.3) is 0 Å². The highest BCUT2D eigenvalue weighted by Crippen LogP contribution is 2.20. The Morgan fingerprint density at radius 2 is 2.20 bits per heavy atom. The minimum atomic E-state index is 0.321. The van der Waals surface area contributed by atoms with Crippen LogP contribution in [-0.4, -0.2) is 25.9 Å². The fourth-order valence-corrected chi connectivity index (χ4v) is 2.37. The Balaban J connectivity index is 1.84. The molecule has 1 aliphatic heterocycles. The van der Waals surface area contributed by atoms with Crippen LogP contribution in [0.5, 0.6) is 5.75 Å². The molecule has 112 valence electrons. The van der Waals surface area contributed by atoms with Crippen molar-refractivity contribution < 1.29 is 9.47 Å². The molecule has 0 unspecified atom stereocenters. The van der Waals surface area contributed by atoms with Crippen molar-refractivity contribution >= 4 is 0 Å². The van der Waals surface area contributed by atoms with Crippen molar-refractivity contribution in [3.05, 3.63) is 29.8 Å². The lowest BCUT2D eigenvalue weighted by Gasteiger charge is -2.18. The third-order valence-electron chi connectivity index (χ3n) is 3.62. The van der Waals surface area contributed by atoms with E-state index in [4.69, 9.17) is 9.47 Å². The molecule has 20 heavy (non-hydrogen) atoms. The van der Waals surface area contributed by atoms with Crippen LogP contribution in [-0.2, 0) is 4.74 Å². The summed E-state index contributed by atoms with van der Waals surface area (Å²) < 4.78 is 11.4. The van der Waals surface area contributed by atoms with Gasteiger partial charge in [0.15, 0.2) is 0 Å². The molecule has 1 N–H and O–H groups in total. The van der Waals surface area contributed by atoms with E-state index in [9.17, 15) is 0 Å². The maximum absolute atomic E-state index is 5.78. The minimum absolute atomic E-state index is 0.321. The summed E-state index contributed by atoms with van der Waals surface area (Å²) in [6.07, 6.45) is 2.76. The van der Waals surface area contributed by atoms with Crippen molar-refractivity contribution in [2.45, 2.75) is 45.8 Å². The van der Waals surface area contributed by atoms with E-state index >= 15 is 0 Å².